The van der Waals surface area contributed by atoms with E-state index >= 15 is 0 Å². The normalized spacial score (nSPS) is 13.5. The van der Waals surface area contributed by atoms with E-state index in [9.17, 15) is 0 Å². The van der Waals surface area contributed by atoms with Gasteiger partial charge in [0.15, 0.2) is 0 Å². The number of hydrogen-bond donors (Lipinski definition) is 0. The smallest absolute Gasteiger partial charge is 0.0540 e. The van der Waals surface area contributed by atoms with Crippen LogP contribution in [0.2, 0.25) is 0 Å². The molecule has 160 valence electrons. The number of fused-ring (bicyclic) bond motifs is 4. The zero-order valence-corrected chi connectivity index (χ0v) is 19.3. The van der Waals surface area contributed by atoms with Crippen LogP contribution in [0.5, 0.6) is 0 Å². The SMILES string of the molecule is Cc1ccc(N(c2ccc3c(c2)C(C)(C)c2ccccc2-3)c2cccc3ccccc23)cc1. The van der Waals surface area contributed by atoms with Gasteiger partial charge in [0.1, 0.15) is 0 Å². The summed E-state index contributed by atoms with van der Waals surface area (Å²) in [5.74, 6) is 0. The molecule has 0 N–H and O–H groups in total. The van der Waals surface area contributed by atoms with Gasteiger partial charge in [-0.1, -0.05) is 98.3 Å². The molecule has 0 fully saturated rings. The fraction of sp³-hybridized carbons (Fsp3) is 0.125. The topological polar surface area (TPSA) is 3.24 Å². The fourth-order valence-electron chi connectivity index (χ4n) is 5.36. The van der Waals surface area contributed by atoms with E-state index in [1.54, 1.807) is 0 Å². The summed E-state index contributed by atoms with van der Waals surface area (Å²) in [6.07, 6.45) is 0. The second-order valence-corrected chi connectivity index (χ2v) is 9.57. The number of nitrogens with zero attached hydrogens (tertiary/aromatic N) is 1. The minimum absolute atomic E-state index is 0.0281. The maximum atomic E-state index is 2.40. The highest BCUT2D eigenvalue weighted by Crippen LogP contribution is 2.50. The van der Waals surface area contributed by atoms with Crippen molar-refractivity contribution < 1.29 is 0 Å². The van der Waals surface area contributed by atoms with E-state index in [2.05, 4.69) is 135 Å². The maximum absolute atomic E-state index is 2.40. The van der Waals surface area contributed by atoms with Gasteiger partial charge < -0.3 is 4.90 Å². The average molecular weight is 426 g/mol. The minimum atomic E-state index is -0.0281. The summed E-state index contributed by atoms with van der Waals surface area (Å²) in [4.78, 5) is 2.40. The van der Waals surface area contributed by atoms with Gasteiger partial charge in [0.05, 0.1) is 5.69 Å². The molecule has 0 saturated carbocycles. The van der Waals surface area contributed by atoms with Crippen molar-refractivity contribution in [2.24, 2.45) is 0 Å². The highest BCUT2D eigenvalue weighted by molar-refractivity contribution is 5.99. The summed E-state index contributed by atoms with van der Waals surface area (Å²) in [5, 5.41) is 2.50. The predicted molar refractivity (Wildman–Crippen MR) is 141 cm³/mol. The molecule has 5 aromatic rings. The number of benzene rings is 5. The van der Waals surface area contributed by atoms with Crippen molar-refractivity contribution in [3.05, 3.63) is 126 Å². The Balaban J connectivity index is 1.60. The minimum Gasteiger partial charge on any atom is -0.310 e. The molecule has 1 nitrogen and oxygen atoms in total. The largest absolute Gasteiger partial charge is 0.310 e. The van der Waals surface area contributed by atoms with Crippen molar-refractivity contribution in [1.29, 1.82) is 0 Å². The van der Waals surface area contributed by atoms with Crippen molar-refractivity contribution >= 4 is 27.8 Å². The summed E-state index contributed by atoms with van der Waals surface area (Å²) in [5.41, 5.74) is 10.3. The Hall–Kier alpha value is -3.84. The summed E-state index contributed by atoms with van der Waals surface area (Å²) < 4.78 is 0. The summed E-state index contributed by atoms with van der Waals surface area (Å²) in [6.45, 7) is 6.83. The van der Waals surface area contributed by atoms with E-state index in [1.165, 1.54) is 55.7 Å². The molecule has 1 aliphatic rings. The number of hydrogen-bond acceptors (Lipinski definition) is 1. The van der Waals surface area contributed by atoms with Crippen molar-refractivity contribution in [3.8, 4) is 11.1 Å². The van der Waals surface area contributed by atoms with Crippen LogP contribution in [0.3, 0.4) is 0 Å². The molecule has 0 heterocycles. The molecule has 5 aromatic carbocycles. The van der Waals surface area contributed by atoms with Crippen molar-refractivity contribution in [3.63, 3.8) is 0 Å². The molecule has 0 amide bonds. The Morgan fingerprint density at radius 3 is 2.09 bits per heavy atom. The lowest BCUT2D eigenvalue weighted by molar-refractivity contribution is 0.660. The zero-order chi connectivity index (χ0) is 22.6. The van der Waals surface area contributed by atoms with Crippen LogP contribution < -0.4 is 4.90 Å². The van der Waals surface area contributed by atoms with Crippen molar-refractivity contribution in [2.45, 2.75) is 26.2 Å². The second-order valence-electron chi connectivity index (χ2n) is 9.57. The standard InChI is InChI=1S/C32H27N/c1-22-15-17-24(18-16-22)33(31-14-8-10-23-9-4-5-11-26(23)31)25-19-20-28-27-12-6-7-13-29(27)32(2,3)30(28)21-25/h4-21H,1-3H3. The van der Waals surface area contributed by atoms with Gasteiger partial charge in [-0.25, -0.2) is 0 Å². The fourth-order valence-corrected chi connectivity index (χ4v) is 5.36. The van der Waals surface area contributed by atoms with Crippen LogP contribution in [0.25, 0.3) is 21.9 Å². The quantitative estimate of drug-likeness (QED) is 0.279. The monoisotopic (exact) mass is 425 g/mol. The molecule has 1 heteroatoms. The predicted octanol–water partition coefficient (Wildman–Crippen LogP) is 8.92. The highest BCUT2D eigenvalue weighted by Gasteiger charge is 2.35. The van der Waals surface area contributed by atoms with Crippen LogP contribution in [0.1, 0.15) is 30.5 Å². The highest BCUT2D eigenvalue weighted by atomic mass is 15.1. The van der Waals surface area contributed by atoms with Crippen LogP contribution in [0.15, 0.2) is 109 Å². The summed E-state index contributed by atoms with van der Waals surface area (Å²) >= 11 is 0. The average Bonchev–Trinajstić information content (AvgIpc) is 3.07. The van der Waals surface area contributed by atoms with E-state index in [0.717, 1.165) is 0 Å². The third-order valence-electron chi connectivity index (χ3n) is 7.12. The molecule has 0 spiro atoms. The van der Waals surface area contributed by atoms with Crippen LogP contribution in [0, 0.1) is 6.92 Å². The third kappa shape index (κ3) is 3.08. The molecule has 1 aliphatic carbocycles. The van der Waals surface area contributed by atoms with E-state index in [1.807, 2.05) is 0 Å². The Kier molecular flexibility index (Phi) is 4.41. The molecule has 0 aromatic heterocycles. The number of aryl methyl sites for hydroxylation is 1. The van der Waals surface area contributed by atoms with Gasteiger partial charge in [-0.3, -0.25) is 0 Å². The Morgan fingerprint density at radius 2 is 1.24 bits per heavy atom. The van der Waals surface area contributed by atoms with Gasteiger partial charge in [-0.15, -0.1) is 0 Å². The molecule has 0 aliphatic heterocycles. The van der Waals surface area contributed by atoms with Crippen LogP contribution in [-0.2, 0) is 5.41 Å². The number of anilines is 3. The molecule has 33 heavy (non-hydrogen) atoms. The lowest BCUT2D eigenvalue weighted by Crippen LogP contribution is -2.16. The molecule has 0 radical (unpaired) electrons. The first-order valence-corrected chi connectivity index (χ1v) is 11.6. The Labute approximate surface area is 195 Å². The third-order valence-corrected chi connectivity index (χ3v) is 7.12. The van der Waals surface area contributed by atoms with Gasteiger partial charge >= 0.3 is 0 Å². The lowest BCUT2D eigenvalue weighted by atomic mass is 9.82. The molecule has 0 saturated heterocycles. The summed E-state index contributed by atoms with van der Waals surface area (Å²) in [7, 11) is 0. The van der Waals surface area contributed by atoms with Gasteiger partial charge in [-0.2, -0.15) is 0 Å². The molecule has 0 atom stereocenters. The van der Waals surface area contributed by atoms with E-state index in [4.69, 9.17) is 0 Å². The zero-order valence-electron chi connectivity index (χ0n) is 19.3. The Morgan fingerprint density at radius 1 is 0.576 bits per heavy atom. The molecular formula is C32H27N. The van der Waals surface area contributed by atoms with Gasteiger partial charge in [0, 0.05) is 22.2 Å². The molecule has 6 rings (SSSR count). The van der Waals surface area contributed by atoms with Gasteiger partial charge in [0.2, 0.25) is 0 Å². The van der Waals surface area contributed by atoms with Gasteiger partial charge in [-0.05, 0) is 64.9 Å². The van der Waals surface area contributed by atoms with Crippen molar-refractivity contribution in [1.82, 2.24) is 0 Å². The van der Waals surface area contributed by atoms with Crippen LogP contribution >= 0.6 is 0 Å². The lowest BCUT2D eigenvalue weighted by Gasteiger charge is -2.29. The molecular weight excluding hydrogens is 398 g/mol. The van der Waals surface area contributed by atoms with E-state index < -0.39 is 0 Å². The van der Waals surface area contributed by atoms with Crippen LogP contribution in [-0.4, -0.2) is 0 Å². The van der Waals surface area contributed by atoms with E-state index in [0.29, 0.717) is 0 Å². The molecule has 0 unspecified atom stereocenters. The number of rotatable bonds is 3. The van der Waals surface area contributed by atoms with E-state index in [-0.39, 0.29) is 5.41 Å². The second kappa shape index (κ2) is 7.35. The van der Waals surface area contributed by atoms with Crippen LogP contribution in [0.4, 0.5) is 17.1 Å². The summed E-state index contributed by atoms with van der Waals surface area (Å²) in [6, 6.07) is 39.9. The first kappa shape index (κ1) is 19.8. The first-order valence-electron chi connectivity index (χ1n) is 11.6. The molecule has 0 bridgehead atoms. The maximum Gasteiger partial charge on any atom is 0.0540 e. The first-order chi connectivity index (χ1) is 16.0. The van der Waals surface area contributed by atoms with Gasteiger partial charge in [0.25, 0.3) is 0 Å². The Bertz CT molecular complexity index is 1490. The van der Waals surface area contributed by atoms with Crippen molar-refractivity contribution in [2.75, 3.05) is 4.90 Å².